The second-order valence-corrected chi connectivity index (χ2v) is 6.84. The lowest BCUT2D eigenvalue weighted by atomic mass is 9.96. The molecule has 3 N–H and O–H groups in total. The summed E-state index contributed by atoms with van der Waals surface area (Å²) < 4.78 is 5.83. The number of nitrogens with two attached hydrogens (primary N) is 1. The quantitative estimate of drug-likeness (QED) is 0.648. The Morgan fingerprint density at radius 2 is 2.04 bits per heavy atom. The van der Waals surface area contributed by atoms with Crippen molar-refractivity contribution >= 4 is 11.6 Å². The Morgan fingerprint density at radius 3 is 2.88 bits per heavy atom. The van der Waals surface area contributed by atoms with E-state index in [1.807, 2.05) is 12.1 Å². The van der Waals surface area contributed by atoms with Gasteiger partial charge >= 0.3 is 0 Å². The maximum Gasteiger partial charge on any atom is 0.213 e. The van der Waals surface area contributed by atoms with Crippen LogP contribution in [0.2, 0.25) is 0 Å². The molecule has 2 aliphatic rings. The van der Waals surface area contributed by atoms with Crippen LogP contribution in [0.1, 0.15) is 42.4 Å². The van der Waals surface area contributed by atoms with E-state index in [1.54, 1.807) is 6.20 Å². The molecule has 0 bridgehead atoms. The Hall–Kier alpha value is -2.56. The first-order chi connectivity index (χ1) is 12.3. The molecule has 4 rings (SSSR count). The largest absolute Gasteiger partial charge is 0.474 e. The van der Waals surface area contributed by atoms with Crippen LogP contribution in [0.4, 0.5) is 5.69 Å². The number of guanidine groups is 1. The summed E-state index contributed by atoms with van der Waals surface area (Å²) in [6, 6.07) is 10.3. The van der Waals surface area contributed by atoms with Crippen molar-refractivity contribution in [3.63, 3.8) is 0 Å². The number of aryl methyl sites for hydroxylation is 2. The highest BCUT2D eigenvalue weighted by atomic mass is 16.5. The van der Waals surface area contributed by atoms with Crippen LogP contribution in [0.5, 0.6) is 5.88 Å². The molecule has 0 atom stereocenters. The smallest absolute Gasteiger partial charge is 0.213 e. The summed E-state index contributed by atoms with van der Waals surface area (Å²) in [5.74, 6) is 1.11. The highest BCUT2D eigenvalue weighted by Crippen LogP contribution is 2.25. The molecule has 0 amide bonds. The number of benzene rings is 1. The van der Waals surface area contributed by atoms with Crippen molar-refractivity contribution in [2.45, 2.75) is 51.2 Å². The molecule has 0 radical (unpaired) electrons. The molecular formula is C20H24N4O. The van der Waals surface area contributed by atoms with Crippen LogP contribution < -0.4 is 15.8 Å². The van der Waals surface area contributed by atoms with Crippen LogP contribution in [0.25, 0.3) is 0 Å². The van der Waals surface area contributed by atoms with Gasteiger partial charge in [-0.05, 0) is 73.4 Å². The van der Waals surface area contributed by atoms with E-state index in [4.69, 9.17) is 10.5 Å². The average Bonchev–Trinajstić information content (AvgIpc) is 3.04. The monoisotopic (exact) mass is 336 g/mol. The molecule has 1 heterocycles. The van der Waals surface area contributed by atoms with Gasteiger partial charge in [0, 0.05) is 18.0 Å². The van der Waals surface area contributed by atoms with E-state index in [0.29, 0.717) is 24.5 Å². The van der Waals surface area contributed by atoms with Gasteiger partial charge in [-0.15, -0.1) is 0 Å². The van der Waals surface area contributed by atoms with Gasteiger partial charge in [0.2, 0.25) is 5.88 Å². The Morgan fingerprint density at radius 1 is 1.16 bits per heavy atom. The average molecular weight is 336 g/mol. The van der Waals surface area contributed by atoms with Crippen molar-refractivity contribution < 1.29 is 4.74 Å². The number of pyridine rings is 1. The van der Waals surface area contributed by atoms with E-state index >= 15 is 0 Å². The lowest BCUT2D eigenvalue weighted by Crippen LogP contribution is -2.25. The van der Waals surface area contributed by atoms with E-state index in [0.717, 1.165) is 30.5 Å². The molecule has 5 heteroatoms. The number of aromatic nitrogens is 1. The molecular weight excluding hydrogens is 312 g/mol. The van der Waals surface area contributed by atoms with E-state index in [-0.39, 0.29) is 0 Å². The minimum Gasteiger partial charge on any atom is -0.474 e. The topological polar surface area (TPSA) is 72.5 Å². The number of anilines is 1. The summed E-state index contributed by atoms with van der Waals surface area (Å²) in [6.45, 7) is 0.507. The summed E-state index contributed by atoms with van der Waals surface area (Å²) in [5, 5.41) is 3.19. The molecule has 25 heavy (non-hydrogen) atoms. The lowest BCUT2D eigenvalue weighted by Gasteiger charge is -2.25. The first-order valence-electron chi connectivity index (χ1n) is 9.06. The van der Waals surface area contributed by atoms with Gasteiger partial charge in [0.1, 0.15) is 6.10 Å². The molecule has 1 fully saturated rings. The zero-order valence-corrected chi connectivity index (χ0v) is 14.4. The van der Waals surface area contributed by atoms with Gasteiger partial charge in [-0.3, -0.25) is 0 Å². The molecule has 130 valence electrons. The van der Waals surface area contributed by atoms with E-state index in [1.165, 1.54) is 30.4 Å². The summed E-state index contributed by atoms with van der Waals surface area (Å²) in [4.78, 5) is 8.71. The molecule has 0 saturated heterocycles. The zero-order chi connectivity index (χ0) is 17.1. The molecule has 2 aromatic rings. The van der Waals surface area contributed by atoms with Crippen molar-refractivity contribution in [1.29, 1.82) is 0 Å². The SMILES string of the molecule is NC(=NCc1ccnc(OC2CCC2)c1)Nc1ccc2c(c1)CCC2. The fraction of sp³-hybridized carbons (Fsp3) is 0.400. The number of aliphatic imine (C=N–C) groups is 1. The molecule has 0 aliphatic heterocycles. The standard InChI is InChI=1S/C20H24N4O/c21-20(24-17-8-7-15-3-1-4-16(15)12-17)23-13-14-9-10-22-19(11-14)25-18-5-2-6-18/h7-12,18H,1-6,13H2,(H3,21,23,24). The zero-order valence-electron chi connectivity index (χ0n) is 14.4. The molecule has 2 aliphatic carbocycles. The highest BCUT2D eigenvalue weighted by molar-refractivity contribution is 5.92. The van der Waals surface area contributed by atoms with Crippen LogP contribution in [0.3, 0.4) is 0 Å². The van der Waals surface area contributed by atoms with Crippen LogP contribution in [0, 0.1) is 0 Å². The van der Waals surface area contributed by atoms with Crippen LogP contribution in [0.15, 0.2) is 41.5 Å². The van der Waals surface area contributed by atoms with Crippen molar-refractivity contribution in [2.75, 3.05) is 5.32 Å². The molecule has 0 spiro atoms. The number of nitrogens with zero attached hydrogens (tertiary/aromatic N) is 2. The minimum atomic E-state index is 0.331. The van der Waals surface area contributed by atoms with Crippen molar-refractivity contribution in [3.05, 3.63) is 53.2 Å². The van der Waals surface area contributed by atoms with Crippen LogP contribution in [-0.2, 0) is 19.4 Å². The van der Waals surface area contributed by atoms with Crippen LogP contribution >= 0.6 is 0 Å². The first-order valence-corrected chi connectivity index (χ1v) is 9.06. The number of fused-ring (bicyclic) bond motifs is 1. The second kappa shape index (κ2) is 7.13. The molecule has 5 nitrogen and oxygen atoms in total. The normalized spacial score (nSPS) is 17.0. The predicted molar refractivity (Wildman–Crippen MR) is 99.9 cm³/mol. The van der Waals surface area contributed by atoms with Gasteiger partial charge in [-0.1, -0.05) is 6.07 Å². The van der Waals surface area contributed by atoms with Crippen molar-refractivity contribution in [2.24, 2.45) is 10.7 Å². The van der Waals surface area contributed by atoms with Crippen LogP contribution in [-0.4, -0.2) is 17.0 Å². The van der Waals surface area contributed by atoms with Gasteiger partial charge < -0.3 is 15.8 Å². The van der Waals surface area contributed by atoms with Gasteiger partial charge in [0.25, 0.3) is 0 Å². The third-order valence-electron chi connectivity index (χ3n) is 4.94. The number of hydrogen-bond acceptors (Lipinski definition) is 3. The second-order valence-electron chi connectivity index (χ2n) is 6.84. The molecule has 1 aromatic heterocycles. The Kier molecular flexibility index (Phi) is 4.55. The Bertz CT molecular complexity index is 783. The summed E-state index contributed by atoms with van der Waals surface area (Å²) >= 11 is 0. The minimum absolute atomic E-state index is 0.331. The van der Waals surface area contributed by atoms with Gasteiger partial charge in [0.15, 0.2) is 5.96 Å². The fourth-order valence-electron chi connectivity index (χ4n) is 3.29. The van der Waals surface area contributed by atoms with Gasteiger partial charge in [-0.25, -0.2) is 9.98 Å². The highest BCUT2D eigenvalue weighted by Gasteiger charge is 2.19. The maximum absolute atomic E-state index is 6.04. The molecule has 0 unspecified atom stereocenters. The predicted octanol–water partition coefficient (Wildman–Crippen LogP) is 3.43. The number of ether oxygens (including phenoxy) is 1. The Labute approximate surface area is 148 Å². The van der Waals surface area contributed by atoms with E-state index in [2.05, 4.69) is 33.5 Å². The van der Waals surface area contributed by atoms with Crippen molar-refractivity contribution in [1.82, 2.24) is 4.98 Å². The van der Waals surface area contributed by atoms with E-state index < -0.39 is 0 Å². The fourth-order valence-corrected chi connectivity index (χ4v) is 3.29. The lowest BCUT2D eigenvalue weighted by molar-refractivity contribution is 0.114. The maximum atomic E-state index is 6.04. The summed E-state index contributed by atoms with van der Waals surface area (Å²) in [7, 11) is 0. The third-order valence-corrected chi connectivity index (χ3v) is 4.94. The van der Waals surface area contributed by atoms with E-state index in [9.17, 15) is 0 Å². The van der Waals surface area contributed by atoms with Gasteiger partial charge in [-0.2, -0.15) is 0 Å². The van der Waals surface area contributed by atoms with Gasteiger partial charge in [0.05, 0.1) is 6.54 Å². The molecule has 1 saturated carbocycles. The third kappa shape index (κ3) is 3.92. The Balaban J connectivity index is 1.36. The number of rotatable bonds is 5. The number of hydrogen-bond donors (Lipinski definition) is 2. The summed E-state index contributed by atoms with van der Waals surface area (Å²) in [5.41, 5.74) is 11.0. The molecule has 1 aromatic carbocycles. The summed E-state index contributed by atoms with van der Waals surface area (Å²) in [6.07, 6.45) is 9.19. The first kappa shape index (κ1) is 15.9. The van der Waals surface area contributed by atoms with Crippen molar-refractivity contribution in [3.8, 4) is 5.88 Å². The number of nitrogens with one attached hydrogen (secondary N) is 1.